The summed E-state index contributed by atoms with van der Waals surface area (Å²) in [6.07, 6.45) is 6.91. The average molecular weight is 431 g/mol. The lowest BCUT2D eigenvalue weighted by Gasteiger charge is -2.39. The molecule has 0 amide bonds. The fourth-order valence-corrected chi connectivity index (χ4v) is 4.69. The van der Waals surface area contributed by atoms with Gasteiger partial charge < -0.3 is 20.3 Å². The van der Waals surface area contributed by atoms with Crippen LogP contribution in [0, 0.1) is 5.92 Å². The predicted octanol–water partition coefficient (Wildman–Crippen LogP) is 2.87. The Balaban J connectivity index is 1.59. The zero-order chi connectivity index (χ0) is 21.9. The summed E-state index contributed by atoms with van der Waals surface area (Å²) in [5, 5.41) is 7.03. The van der Waals surface area contributed by atoms with Crippen LogP contribution in [0.1, 0.15) is 52.0 Å². The lowest BCUT2D eigenvalue weighted by molar-refractivity contribution is 0.00272. The Labute approximate surface area is 188 Å². The summed E-state index contributed by atoms with van der Waals surface area (Å²) in [7, 11) is 0. The zero-order valence-corrected chi connectivity index (χ0v) is 19.8. The number of pyridine rings is 1. The Morgan fingerprint density at radius 1 is 1.06 bits per heavy atom. The smallest absolute Gasteiger partial charge is 0.191 e. The molecule has 0 saturated carbocycles. The van der Waals surface area contributed by atoms with Crippen LogP contribution in [0.3, 0.4) is 0 Å². The standard InChI is InChI=1S/C24H42N6O/c1-4-21(5-2)22(29-13-15-31-16-14-29)19-28-24(25-6-3)27-18-20-9-10-23(26-17-20)30-11-7-8-12-30/h9-10,17,21-22H,4-8,11-16,18-19H2,1-3H3,(H2,25,27,28). The molecule has 3 heterocycles. The maximum atomic E-state index is 5.58. The van der Waals surface area contributed by atoms with Crippen molar-refractivity contribution < 1.29 is 4.74 Å². The van der Waals surface area contributed by atoms with Gasteiger partial charge in [-0.05, 0) is 37.3 Å². The van der Waals surface area contributed by atoms with Crippen LogP contribution in [0.2, 0.25) is 0 Å². The van der Waals surface area contributed by atoms with Crippen molar-refractivity contribution in [1.82, 2.24) is 20.5 Å². The fourth-order valence-electron chi connectivity index (χ4n) is 4.69. The predicted molar refractivity (Wildman–Crippen MR) is 129 cm³/mol. The summed E-state index contributed by atoms with van der Waals surface area (Å²) in [4.78, 5) is 14.5. The first kappa shape index (κ1) is 23.8. The molecule has 1 aromatic heterocycles. The Kier molecular flexibility index (Phi) is 9.87. The molecule has 0 bridgehead atoms. The second kappa shape index (κ2) is 12.9. The zero-order valence-electron chi connectivity index (χ0n) is 19.8. The van der Waals surface area contributed by atoms with E-state index in [1.165, 1.54) is 25.7 Å². The molecule has 31 heavy (non-hydrogen) atoms. The molecule has 174 valence electrons. The third-order valence-corrected chi connectivity index (χ3v) is 6.59. The number of aliphatic imine (C=N–C) groups is 1. The van der Waals surface area contributed by atoms with Crippen LogP contribution in [-0.2, 0) is 11.3 Å². The van der Waals surface area contributed by atoms with Gasteiger partial charge in [-0.3, -0.25) is 4.90 Å². The van der Waals surface area contributed by atoms with Gasteiger partial charge in [0.1, 0.15) is 5.82 Å². The van der Waals surface area contributed by atoms with Gasteiger partial charge >= 0.3 is 0 Å². The van der Waals surface area contributed by atoms with E-state index in [1.54, 1.807) is 0 Å². The Morgan fingerprint density at radius 3 is 2.42 bits per heavy atom. The van der Waals surface area contributed by atoms with Crippen LogP contribution < -0.4 is 15.5 Å². The van der Waals surface area contributed by atoms with Crippen LogP contribution in [0.4, 0.5) is 5.82 Å². The fraction of sp³-hybridized carbons (Fsp3) is 0.750. The normalized spacial score (nSPS) is 19.1. The van der Waals surface area contributed by atoms with Crippen molar-refractivity contribution in [2.75, 3.05) is 57.4 Å². The number of hydrogen-bond acceptors (Lipinski definition) is 5. The number of anilines is 1. The van der Waals surface area contributed by atoms with Gasteiger partial charge in [0, 0.05) is 51.5 Å². The van der Waals surface area contributed by atoms with E-state index in [9.17, 15) is 0 Å². The molecule has 7 nitrogen and oxygen atoms in total. The van der Waals surface area contributed by atoms with E-state index >= 15 is 0 Å². The number of morpholine rings is 1. The molecule has 2 N–H and O–H groups in total. The molecule has 2 aliphatic heterocycles. The Morgan fingerprint density at radius 2 is 1.81 bits per heavy atom. The molecule has 1 aromatic rings. The molecule has 3 rings (SSSR count). The summed E-state index contributed by atoms with van der Waals surface area (Å²) >= 11 is 0. The second-order valence-corrected chi connectivity index (χ2v) is 8.59. The first-order chi connectivity index (χ1) is 15.2. The van der Waals surface area contributed by atoms with Crippen LogP contribution in [0.25, 0.3) is 0 Å². The van der Waals surface area contributed by atoms with E-state index in [2.05, 4.69) is 58.3 Å². The summed E-state index contributed by atoms with van der Waals surface area (Å²) in [6.45, 7) is 15.1. The first-order valence-electron chi connectivity index (χ1n) is 12.3. The number of nitrogens with one attached hydrogen (secondary N) is 2. The highest BCUT2D eigenvalue weighted by molar-refractivity contribution is 5.79. The van der Waals surface area contributed by atoms with E-state index in [1.807, 2.05) is 6.20 Å². The van der Waals surface area contributed by atoms with Crippen molar-refractivity contribution in [2.24, 2.45) is 10.9 Å². The first-order valence-corrected chi connectivity index (χ1v) is 12.3. The van der Waals surface area contributed by atoms with Crippen molar-refractivity contribution >= 4 is 11.8 Å². The van der Waals surface area contributed by atoms with Gasteiger partial charge in [0.05, 0.1) is 19.8 Å². The topological polar surface area (TPSA) is 65.0 Å². The van der Waals surface area contributed by atoms with Crippen molar-refractivity contribution in [3.05, 3.63) is 23.9 Å². The van der Waals surface area contributed by atoms with Crippen molar-refractivity contribution in [1.29, 1.82) is 0 Å². The van der Waals surface area contributed by atoms with Gasteiger partial charge in [-0.2, -0.15) is 0 Å². The second-order valence-electron chi connectivity index (χ2n) is 8.59. The van der Waals surface area contributed by atoms with Gasteiger partial charge in [0.15, 0.2) is 5.96 Å². The number of nitrogens with zero attached hydrogens (tertiary/aromatic N) is 4. The highest BCUT2D eigenvalue weighted by Gasteiger charge is 2.27. The number of ether oxygens (including phenoxy) is 1. The van der Waals surface area contributed by atoms with E-state index in [4.69, 9.17) is 9.73 Å². The molecule has 1 unspecified atom stereocenters. The SMILES string of the molecule is CCNC(=NCc1ccc(N2CCCC2)nc1)NCC(C(CC)CC)N1CCOCC1. The summed E-state index contributed by atoms with van der Waals surface area (Å²) in [5.74, 6) is 2.65. The molecule has 2 fully saturated rings. The van der Waals surface area contributed by atoms with Gasteiger partial charge in [0.2, 0.25) is 0 Å². The number of hydrogen-bond donors (Lipinski definition) is 2. The van der Waals surface area contributed by atoms with Gasteiger partial charge in [-0.25, -0.2) is 9.98 Å². The molecular formula is C24H42N6O. The molecule has 0 aromatic carbocycles. The third-order valence-electron chi connectivity index (χ3n) is 6.59. The Hall–Kier alpha value is -1.86. The number of aromatic nitrogens is 1. The summed E-state index contributed by atoms with van der Waals surface area (Å²) < 4.78 is 5.58. The number of guanidine groups is 1. The van der Waals surface area contributed by atoms with Gasteiger partial charge in [-0.1, -0.05) is 32.8 Å². The maximum absolute atomic E-state index is 5.58. The average Bonchev–Trinajstić information content (AvgIpc) is 3.36. The van der Waals surface area contributed by atoms with Crippen LogP contribution in [0.15, 0.2) is 23.3 Å². The van der Waals surface area contributed by atoms with Crippen LogP contribution >= 0.6 is 0 Å². The molecule has 7 heteroatoms. The number of rotatable bonds is 10. The summed E-state index contributed by atoms with van der Waals surface area (Å²) in [6, 6.07) is 4.80. The lowest BCUT2D eigenvalue weighted by atomic mass is 9.92. The van der Waals surface area contributed by atoms with Crippen molar-refractivity contribution in [3.8, 4) is 0 Å². The van der Waals surface area contributed by atoms with E-state index in [0.29, 0.717) is 18.5 Å². The molecule has 1 atom stereocenters. The van der Waals surface area contributed by atoms with Crippen LogP contribution in [-0.4, -0.2) is 74.4 Å². The monoisotopic (exact) mass is 430 g/mol. The maximum Gasteiger partial charge on any atom is 0.191 e. The van der Waals surface area contributed by atoms with E-state index in [-0.39, 0.29) is 0 Å². The minimum atomic E-state index is 0.504. The van der Waals surface area contributed by atoms with E-state index < -0.39 is 0 Å². The van der Waals surface area contributed by atoms with Crippen molar-refractivity contribution in [3.63, 3.8) is 0 Å². The molecule has 2 aliphatic rings. The quantitative estimate of drug-likeness (QED) is 0.440. The molecular weight excluding hydrogens is 388 g/mol. The van der Waals surface area contributed by atoms with Gasteiger partial charge in [0.25, 0.3) is 0 Å². The Bertz CT molecular complexity index is 649. The molecule has 0 spiro atoms. The molecule has 2 saturated heterocycles. The molecule has 0 aliphatic carbocycles. The highest BCUT2D eigenvalue weighted by atomic mass is 16.5. The van der Waals surface area contributed by atoms with Gasteiger partial charge in [-0.15, -0.1) is 0 Å². The largest absolute Gasteiger partial charge is 0.379 e. The molecule has 0 radical (unpaired) electrons. The van der Waals surface area contributed by atoms with E-state index in [0.717, 1.165) is 69.8 Å². The summed E-state index contributed by atoms with van der Waals surface area (Å²) in [5.41, 5.74) is 1.14. The minimum Gasteiger partial charge on any atom is -0.379 e. The van der Waals surface area contributed by atoms with Crippen molar-refractivity contribution in [2.45, 2.75) is 59.0 Å². The minimum absolute atomic E-state index is 0.504. The highest BCUT2D eigenvalue weighted by Crippen LogP contribution is 2.20. The van der Waals surface area contributed by atoms with Crippen LogP contribution in [0.5, 0.6) is 0 Å². The lowest BCUT2D eigenvalue weighted by Crippen LogP contribution is -2.53. The third kappa shape index (κ3) is 7.07.